The molecule has 0 amide bonds. The largest absolute Gasteiger partial charge is 0.481 e. The summed E-state index contributed by atoms with van der Waals surface area (Å²) in [6.45, 7) is 5.63. The third-order valence-corrected chi connectivity index (χ3v) is 1.70. The van der Waals surface area contributed by atoms with Gasteiger partial charge >= 0.3 is 5.97 Å². The Morgan fingerprint density at radius 2 is 2.13 bits per heavy atom. The van der Waals surface area contributed by atoms with Gasteiger partial charge in [0.15, 0.2) is 0 Å². The summed E-state index contributed by atoms with van der Waals surface area (Å²) in [6, 6.07) is 0. The molecule has 0 fully saturated rings. The number of aliphatic hydroxyl groups is 1. The summed E-state index contributed by atoms with van der Waals surface area (Å²) >= 11 is 0. The van der Waals surface area contributed by atoms with Gasteiger partial charge in [0, 0.05) is 0 Å². The fourth-order valence-electron chi connectivity index (χ4n) is 0.899. The van der Waals surface area contributed by atoms with E-state index in [2.05, 4.69) is 15.4 Å². The van der Waals surface area contributed by atoms with E-state index in [1.165, 1.54) is 4.80 Å². The predicted octanol–water partition coefficient (Wildman–Crippen LogP) is -0.0638. The van der Waals surface area contributed by atoms with Gasteiger partial charge in [0.2, 0.25) is 5.82 Å². The second kappa shape index (κ2) is 3.93. The van der Waals surface area contributed by atoms with Gasteiger partial charge in [-0.05, 0) is 26.0 Å². The standard InChI is InChI=1S/C8H14N4O3/c1-8(2,3)12-10-7(9-11-12)5(13)4-6(14)15/h5,13H,4H2,1-3H3,(H,14,15)/t5-/m0/s1. The number of nitrogens with zero attached hydrogens (tertiary/aromatic N) is 4. The van der Waals surface area contributed by atoms with E-state index in [1.807, 2.05) is 20.8 Å². The van der Waals surface area contributed by atoms with Gasteiger partial charge in [0.1, 0.15) is 6.10 Å². The maximum Gasteiger partial charge on any atom is 0.306 e. The molecule has 0 aliphatic heterocycles. The molecule has 0 spiro atoms. The fourth-order valence-corrected chi connectivity index (χ4v) is 0.899. The molecule has 15 heavy (non-hydrogen) atoms. The summed E-state index contributed by atoms with van der Waals surface area (Å²) in [5, 5.41) is 29.1. The van der Waals surface area contributed by atoms with Gasteiger partial charge in [0.25, 0.3) is 0 Å². The highest BCUT2D eigenvalue weighted by atomic mass is 16.4. The van der Waals surface area contributed by atoms with Gasteiger partial charge in [-0.1, -0.05) is 0 Å². The number of carboxylic acid groups (broad SMARTS) is 1. The molecule has 0 aliphatic carbocycles. The average Bonchev–Trinajstić information content (AvgIpc) is 2.48. The lowest BCUT2D eigenvalue weighted by Crippen LogP contribution is -2.25. The van der Waals surface area contributed by atoms with Crippen molar-refractivity contribution in [2.75, 3.05) is 0 Å². The van der Waals surface area contributed by atoms with Crippen molar-refractivity contribution in [2.45, 2.75) is 38.8 Å². The van der Waals surface area contributed by atoms with Crippen molar-refractivity contribution in [1.82, 2.24) is 20.2 Å². The van der Waals surface area contributed by atoms with Gasteiger partial charge in [0.05, 0.1) is 12.0 Å². The van der Waals surface area contributed by atoms with Crippen LogP contribution in [0.2, 0.25) is 0 Å². The van der Waals surface area contributed by atoms with Gasteiger partial charge in [-0.25, -0.2) is 0 Å². The van der Waals surface area contributed by atoms with E-state index in [9.17, 15) is 9.90 Å². The first kappa shape index (κ1) is 11.6. The molecule has 2 N–H and O–H groups in total. The van der Waals surface area contributed by atoms with Crippen LogP contribution in [0.4, 0.5) is 0 Å². The van der Waals surface area contributed by atoms with E-state index < -0.39 is 18.5 Å². The fraction of sp³-hybridized carbons (Fsp3) is 0.750. The quantitative estimate of drug-likeness (QED) is 0.730. The van der Waals surface area contributed by atoms with Crippen molar-refractivity contribution < 1.29 is 15.0 Å². The minimum Gasteiger partial charge on any atom is -0.481 e. The number of carboxylic acids is 1. The van der Waals surface area contributed by atoms with E-state index in [-0.39, 0.29) is 11.4 Å². The molecule has 0 saturated carbocycles. The van der Waals surface area contributed by atoms with E-state index in [4.69, 9.17) is 5.11 Å². The molecule has 1 heterocycles. The predicted molar refractivity (Wildman–Crippen MR) is 50.0 cm³/mol. The summed E-state index contributed by atoms with van der Waals surface area (Å²) in [7, 11) is 0. The Hall–Kier alpha value is -1.50. The second-order valence-electron chi connectivity index (χ2n) is 4.22. The van der Waals surface area contributed by atoms with Crippen LogP contribution in [0.25, 0.3) is 0 Å². The lowest BCUT2D eigenvalue weighted by atomic mass is 10.1. The molecular formula is C8H14N4O3. The first-order valence-corrected chi connectivity index (χ1v) is 4.51. The third-order valence-electron chi connectivity index (χ3n) is 1.70. The summed E-state index contributed by atoms with van der Waals surface area (Å²) in [6.07, 6.45) is -1.63. The molecule has 1 aromatic heterocycles. The number of hydrogen-bond acceptors (Lipinski definition) is 5. The molecule has 0 aromatic carbocycles. The maximum absolute atomic E-state index is 10.3. The topological polar surface area (TPSA) is 101 Å². The molecule has 7 nitrogen and oxygen atoms in total. The highest BCUT2D eigenvalue weighted by molar-refractivity contribution is 5.67. The zero-order valence-corrected chi connectivity index (χ0v) is 8.88. The van der Waals surface area contributed by atoms with Crippen LogP contribution in [0.5, 0.6) is 0 Å². The van der Waals surface area contributed by atoms with Crippen LogP contribution >= 0.6 is 0 Å². The Kier molecular flexibility index (Phi) is 3.04. The number of rotatable bonds is 3. The van der Waals surface area contributed by atoms with Gasteiger partial charge in [-0.15, -0.1) is 10.2 Å². The molecule has 0 unspecified atom stereocenters. The zero-order chi connectivity index (χ0) is 11.6. The zero-order valence-electron chi connectivity index (χ0n) is 8.88. The Bertz CT molecular complexity index is 355. The number of aliphatic hydroxyl groups excluding tert-OH is 1. The number of aliphatic carboxylic acids is 1. The summed E-state index contributed by atoms with van der Waals surface area (Å²) in [5.74, 6) is -1.07. The first-order chi connectivity index (χ1) is 6.80. The molecule has 0 radical (unpaired) electrons. The molecular weight excluding hydrogens is 200 g/mol. The van der Waals surface area contributed by atoms with Crippen molar-refractivity contribution >= 4 is 5.97 Å². The SMILES string of the molecule is CC(C)(C)n1nnc([C@@H](O)CC(=O)O)n1. The van der Waals surface area contributed by atoms with Gasteiger partial charge in [-0.2, -0.15) is 4.80 Å². The summed E-state index contributed by atoms with van der Waals surface area (Å²) < 4.78 is 0. The van der Waals surface area contributed by atoms with E-state index in [1.54, 1.807) is 0 Å². The Balaban J connectivity index is 2.80. The molecule has 0 bridgehead atoms. The molecule has 7 heteroatoms. The minimum atomic E-state index is -1.21. The van der Waals surface area contributed by atoms with Crippen LogP contribution in [0.15, 0.2) is 0 Å². The van der Waals surface area contributed by atoms with Crippen molar-refractivity contribution in [3.8, 4) is 0 Å². The molecule has 84 valence electrons. The van der Waals surface area contributed by atoms with Gasteiger partial charge in [-0.3, -0.25) is 4.79 Å². The average molecular weight is 214 g/mol. The van der Waals surface area contributed by atoms with Crippen LogP contribution in [0.1, 0.15) is 39.1 Å². The molecule has 1 aromatic rings. The van der Waals surface area contributed by atoms with Crippen molar-refractivity contribution in [1.29, 1.82) is 0 Å². The monoisotopic (exact) mass is 214 g/mol. The highest BCUT2D eigenvalue weighted by Crippen LogP contribution is 2.14. The molecule has 1 atom stereocenters. The number of aromatic nitrogens is 4. The lowest BCUT2D eigenvalue weighted by molar-refractivity contribution is -0.139. The lowest BCUT2D eigenvalue weighted by Gasteiger charge is -2.15. The van der Waals surface area contributed by atoms with Crippen LogP contribution < -0.4 is 0 Å². The van der Waals surface area contributed by atoms with Crippen molar-refractivity contribution in [3.63, 3.8) is 0 Å². The molecule has 0 saturated heterocycles. The minimum absolute atomic E-state index is 0.0346. The van der Waals surface area contributed by atoms with Crippen LogP contribution in [-0.4, -0.2) is 36.4 Å². The first-order valence-electron chi connectivity index (χ1n) is 4.51. The van der Waals surface area contributed by atoms with E-state index in [0.717, 1.165) is 0 Å². The Morgan fingerprint density at radius 3 is 2.53 bits per heavy atom. The molecule has 0 aliphatic rings. The van der Waals surface area contributed by atoms with E-state index >= 15 is 0 Å². The summed E-state index contributed by atoms with van der Waals surface area (Å²) in [5.41, 5.74) is -0.339. The van der Waals surface area contributed by atoms with Crippen LogP contribution in [0, 0.1) is 0 Å². The van der Waals surface area contributed by atoms with Crippen LogP contribution in [-0.2, 0) is 10.3 Å². The number of hydrogen-bond donors (Lipinski definition) is 2. The Morgan fingerprint density at radius 1 is 1.53 bits per heavy atom. The number of tetrazole rings is 1. The van der Waals surface area contributed by atoms with Crippen molar-refractivity contribution in [3.05, 3.63) is 5.82 Å². The van der Waals surface area contributed by atoms with Crippen LogP contribution in [0.3, 0.4) is 0 Å². The number of carbonyl (C=O) groups is 1. The maximum atomic E-state index is 10.3. The highest BCUT2D eigenvalue weighted by Gasteiger charge is 2.21. The smallest absolute Gasteiger partial charge is 0.306 e. The summed E-state index contributed by atoms with van der Waals surface area (Å²) in [4.78, 5) is 11.7. The third kappa shape index (κ3) is 2.98. The molecule has 1 rings (SSSR count). The normalized spacial score (nSPS) is 13.9. The van der Waals surface area contributed by atoms with E-state index in [0.29, 0.717) is 0 Å². The Labute approximate surface area is 86.7 Å². The second-order valence-corrected chi connectivity index (χ2v) is 4.22. The van der Waals surface area contributed by atoms with Crippen molar-refractivity contribution in [2.24, 2.45) is 0 Å². The van der Waals surface area contributed by atoms with Gasteiger partial charge < -0.3 is 10.2 Å².